The molecule has 0 amide bonds. The van der Waals surface area contributed by atoms with Crippen molar-refractivity contribution < 1.29 is 34.0 Å². The number of fused-ring (bicyclic) bond motifs is 5. The molecular formula is C36H52O7. The molecule has 5 rings (SSSR count). The molecule has 0 radical (unpaired) electrons. The first-order chi connectivity index (χ1) is 20.5. The molecular weight excluding hydrogens is 544 g/mol. The van der Waals surface area contributed by atoms with Gasteiger partial charge in [0, 0.05) is 12.5 Å². The molecule has 2 N–H and O–H groups in total. The highest BCUT2D eigenvalue weighted by Crippen LogP contribution is 2.68. The Morgan fingerprint density at radius 2 is 1.77 bits per heavy atom. The summed E-state index contributed by atoms with van der Waals surface area (Å²) in [5, 5.41) is 21.9. The number of methoxy groups -OCH3 is 1. The summed E-state index contributed by atoms with van der Waals surface area (Å²) in [7, 11) is 1.53. The van der Waals surface area contributed by atoms with Gasteiger partial charge in [-0.15, -0.1) is 0 Å². The normalized spacial score (nSPS) is 37.6. The van der Waals surface area contributed by atoms with E-state index in [0.29, 0.717) is 60.0 Å². The summed E-state index contributed by atoms with van der Waals surface area (Å²) in [5.74, 6) is 2.85. The highest BCUT2D eigenvalue weighted by molar-refractivity contribution is 5.87. The molecule has 8 unspecified atom stereocenters. The molecule has 4 saturated carbocycles. The molecule has 0 spiro atoms. The van der Waals surface area contributed by atoms with Crippen molar-refractivity contribution in [2.45, 2.75) is 104 Å². The molecule has 1 aromatic carbocycles. The molecule has 0 heterocycles. The first-order valence-corrected chi connectivity index (χ1v) is 16.6. The fourth-order valence-corrected chi connectivity index (χ4v) is 10.1. The van der Waals surface area contributed by atoms with Crippen LogP contribution in [0.1, 0.15) is 97.5 Å². The number of esters is 2. The second kappa shape index (κ2) is 12.9. The minimum atomic E-state index is -0.413. The van der Waals surface area contributed by atoms with E-state index in [4.69, 9.17) is 14.2 Å². The minimum absolute atomic E-state index is 0.180. The summed E-state index contributed by atoms with van der Waals surface area (Å²) in [4.78, 5) is 24.6. The fraction of sp³-hybridized carbons (Fsp3) is 0.722. The standard InChI is InChI=1S/C36H52O7/c1-6-42-32(39)14-9-23-8-12-30(31(19-23)41-5)43-33(40)13-7-22(2)26-10-11-27-34-28(16-18-36(26,27)4)35(3)17-15-25(37)20-24(35)21-29(34)38/h8-9,12,14,19,22,24-29,34,37-38H,6-7,10-11,13,15-18,20-21H2,1-5H3/b14-9+/t22?,24?,25-,26-,27?,28?,29?,34?,35?,36?/m1/s1. The smallest absolute Gasteiger partial charge is 0.330 e. The molecule has 0 saturated heterocycles. The van der Waals surface area contributed by atoms with Crippen LogP contribution in [0.2, 0.25) is 0 Å². The molecule has 0 aromatic heterocycles. The van der Waals surface area contributed by atoms with E-state index in [0.717, 1.165) is 56.9 Å². The third-order valence-electron chi connectivity index (χ3n) is 12.3. The van der Waals surface area contributed by atoms with Crippen molar-refractivity contribution in [2.75, 3.05) is 13.7 Å². The molecule has 7 nitrogen and oxygen atoms in total. The average molecular weight is 597 g/mol. The molecule has 1 aromatic rings. The van der Waals surface area contributed by atoms with Crippen LogP contribution >= 0.6 is 0 Å². The lowest BCUT2D eigenvalue weighted by molar-refractivity contribution is -0.174. The summed E-state index contributed by atoms with van der Waals surface area (Å²) in [6, 6.07) is 5.20. The number of hydrogen-bond acceptors (Lipinski definition) is 7. The quantitative estimate of drug-likeness (QED) is 0.189. The van der Waals surface area contributed by atoms with E-state index in [1.807, 2.05) is 0 Å². The average Bonchev–Trinajstić information content (AvgIpc) is 3.33. The van der Waals surface area contributed by atoms with Gasteiger partial charge < -0.3 is 24.4 Å². The van der Waals surface area contributed by atoms with E-state index in [1.54, 1.807) is 31.2 Å². The number of aliphatic hydroxyl groups excluding tert-OH is 2. The SMILES string of the molecule is CCOC(=O)/C=C/c1ccc(OC(=O)CCC(C)[C@H]2CCC3C4C(O)CC5C[C@H](O)CCC5(C)C4CCC32C)c(OC)c1. The highest BCUT2D eigenvalue weighted by atomic mass is 16.6. The van der Waals surface area contributed by atoms with Gasteiger partial charge in [0.15, 0.2) is 11.5 Å². The lowest BCUT2D eigenvalue weighted by Crippen LogP contribution is -2.58. The first kappa shape index (κ1) is 32.0. The number of rotatable bonds is 9. The topological polar surface area (TPSA) is 102 Å². The van der Waals surface area contributed by atoms with Crippen molar-refractivity contribution >= 4 is 18.0 Å². The molecule has 238 valence electrons. The van der Waals surface area contributed by atoms with Crippen LogP contribution in [0.4, 0.5) is 0 Å². The summed E-state index contributed by atoms with van der Waals surface area (Å²) < 4.78 is 16.1. The molecule has 43 heavy (non-hydrogen) atoms. The number of ether oxygens (including phenoxy) is 3. The van der Waals surface area contributed by atoms with Crippen LogP contribution in [0.25, 0.3) is 6.08 Å². The van der Waals surface area contributed by atoms with Crippen LogP contribution in [0.3, 0.4) is 0 Å². The summed E-state index contributed by atoms with van der Waals surface area (Å²) >= 11 is 0. The molecule has 10 atom stereocenters. The van der Waals surface area contributed by atoms with Crippen LogP contribution in [-0.2, 0) is 14.3 Å². The van der Waals surface area contributed by atoms with Crippen LogP contribution in [0.15, 0.2) is 24.3 Å². The molecule has 7 heteroatoms. The van der Waals surface area contributed by atoms with E-state index in [9.17, 15) is 19.8 Å². The van der Waals surface area contributed by atoms with Crippen LogP contribution in [0, 0.1) is 46.3 Å². The van der Waals surface area contributed by atoms with Gasteiger partial charge in [0.2, 0.25) is 0 Å². The van der Waals surface area contributed by atoms with Crippen molar-refractivity contribution in [2.24, 2.45) is 46.3 Å². The third kappa shape index (κ3) is 6.26. The molecule has 0 bridgehead atoms. The van der Waals surface area contributed by atoms with Crippen molar-refractivity contribution in [3.63, 3.8) is 0 Å². The second-order valence-corrected chi connectivity index (χ2v) is 14.4. The highest BCUT2D eigenvalue weighted by Gasteiger charge is 2.62. The van der Waals surface area contributed by atoms with Crippen molar-refractivity contribution in [3.05, 3.63) is 29.8 Å². The second-order valence-electron chi connectivity index (χ2n) is 14.4. The largest absolute Gasteiger partial charge is 0.493 e. The number of carbonyl (C=O) groups excluding carboxylic acids is 2. The first-order valence-electron chi connectivity index (χ1n) is 16.6. The fourth-order valence-electron chi connectivity index (χ4n) is 10.1. The lowest BCUT2D eigenvalue weighted by Gasteiger charge is -2.62. The van der Waals surface area contributed by atoms with E-state index in [-0.39, 0.29) is 29.0 Å². The van der Waals surface area contributed by atoms with Gasteiger partial charge in [-0.2, -0.15) is 0 Å². The van der Waals surface area contributed by atoms with Crippen LogP contribution in [-0.4, -0.2) is 48.1 Å². The van der Waals surface area contributed by atoms with Gasteiger partial charge in [-0.25, -0.2) is 4.79 Å². The van der Waals surface area contributed by atoms with Crippen LogP contribution < -0.4 is 9.47 Å². The monoisotopic (exact) mass is 596 g/mol. The zero-order chi connectivity index (χ0) is 30.9. The molecule has 0 aliphatic heterocycles. The van der Waals surface area contributed by atoms with Gasteiger partial charge in [0.25, 0.3) is 0 Å². The van der Waals surface area contributed by atoms with E-state index in [2.05, 4.69) is 20.8 Å². The summed E-state index contributed by atoms with van der Waals surface area (Å²) in [5.41, 5.74) is 1.15. The van der Waals surface area contributed by atoms with E-state index >= 15 is 0 Å². The molecule has 4 aliphatic carbocycles. The van der Waals surface area contributed by atoms with Gasteiger partial charge in [-0.1, -0.05) is 26.8 Å². The van der Waals surface area contributed by atoms with Crippen LogP contribution in [0.5, 0.6) is 11.5 Å². The maximum Gasteiger partial charge on any atom is 0.330 e. The van der Waals surface area contributed by atoms with Gasteiger partial charge in [-0.05, 0) is 135 Å². The number of aliphatic hydroxyl groups is 2. The van der Waals surface area contributed by atoms with Gasteiger partial charge >= 0.3 is 11.9 Å². The van der Waals surface area contributed by atoms with Gasteiger partial charge in [-0.3, -0.25) is 4.79 Å². The Kier molecular flexibility index (Phi) is 9.63. The summed E-state index contributed by atoms with van der Waals surface area (Å²) in [6.45, 7) is 9.29. The predicted molar refractivity (Wildman–Crippen MR) is 165 cm³/mol. The Balaban J connectivity index is 1.19. The number of hydrogen-bond donors (Lipinski definition) is 2. The Morgan fingerprint density at radius 1 is 1.02 bits per heavy atom. The van der Waals surface area contributed by atoms with Crippen molar-refractivity contribution in [1.82, 2.24) is 0 Å². The zero-order valence-corrected chi connectivity index (χ0v) is 26.7. The Hall–Kier alpha value is -2.38. The lowest BCUT2D eigenvalue weighted by atomic mass is 9.43. The Bertz CT molecular complexity index is 1190. The third-order valence-corrected chi connectivity index (χ3v) is 12.3. The maximum absolute atomic E-state index is 13.0. The Labute approximate surface area is 257 Å². The van der Waals surface area contributed by atoms with Gasteiger partial charge in [0.05, 0.1) is 25.9 Å². The number of carbonyl (C=O) groups is 2. The van der Waals surface area contributed by atoms with Gasteiger partial charge in [0.1, 0.15) is 0 Å². The minimum Gasteiger partial charge on any atom is -0.493 e. The van der Waals surface area contributed by atoms with E-state index in [1.165, 1.54) is 19.6 Å². The predicted octanol–water partition coefficient (Wildman–Crippen LogP) is 6.58. The van der Waals surface area contributed by atoms with E-state index < -0.39 is 5.97 Å². The maximum atomic E-state index is 13.0. The van der Waals surface area contributed by atoms with Crippen molar-refractivity contribution in [3.8, 4) is 11.5 Å². The summed E-state index contributed by atoms with van der Waals surface area (Å²) in [6.07, 6.45) is 11.9. The number of benzene rings is 1. The zero-order valence-electron chi connectivity index (χ0n) is 26.7. The molecule has 4 aliphatic rings. The Morgan fingerprint density at radius 3 is 2.51 bits per heavy atom. The molecule has 4 fully saturated rings. The van der Waals surface area contributed by atoms with Crippen molar-refractivity contribution in [1.29, 1.82) is 0 Å².